The van der Waals surface area contributed by atoms with Crippen molar-refractivity contribution in [1.29, 1.82) is 0 Å². The number of benzene rings is 2. The van der Waals surface area contributed by atoms with E-state index < -0.39 is 35.0 Å². The zero-order valence-electron chi connectivity index (χ0n) is 13.1. The number of hydrogen-bond acceptors (Lipinski definition) is 2. The highest BCUT2D eigenvalue weighted by molar-refractivity contribution is 6.31. The number of halogens is 7. The molecule has 0 spiro atoms. The lowest BCUT2D eigenvalue weighted by molar-refractivity contribution is -0.143. The summed E-state index contributed by atoms with van der Waals surface area (Å²) in [6.45, 7) is 0. The van der Waals surface area contributed by atoms with E-state index in [1.807, 2.05) is 0 Å². The molecule has 0 aliphatic carbocycles. The second-order valence-corrected chi connectivity index (χ2v) is 5.76. The number of anilines is 1. The third-order valence-electron chi connectivity index (χ3n) is 3.25. The number of hydrogen-bond donors (Lipinski definition) is 2. The van der Waals surface area contributed by atoms with E-state index in [4.69, 9.17) is 11.6 Å². The van der Waals surface area contributed by atoms with Crippen LogP contribution in [0.1, 0.15) is 16.7 Å². The van der Waals surface area contributed by atoms with Gasteiger partial charge in [-0.1, -0.05) is 11.6 Å². The van der Waals surface area contributed by atoms with Crippen LogP contribution in [0.3, 0.4) is 0 Å². The van der Waals surface area contributed by atoms with Gasteiger partial charge in [-0.25, -0.2) is 0 Å². The van der Waals surface area contributed by atoms with Crippen molar-refractivity contribution in [1.82, 2.24) is 0 Å². The Balaban J connectivity index is 2.29. The maximum absolute atomic E-state index is 12.8. The number of alkyl halides is 6. The number of amides is 1. The zero-order valence-corrected chi connectivity index (χ0v) is 13.9. The average molecular weight is 410 g/mol. The van der Waals surface area contributed by atoms with Crippen molar-refractivity contribution in [2.75, 3.05) is 5.32 Å². The normalized spacial score (nSPS) is 12.4. The molecule has 1 amide bonds. The first-order valence-corrected chi connectivity index (χ1v) is 7.51. The Kier molecular flexibility index (Phi) is 5.74. The molecule has 0 radical (unpaired) electrons. The number of carbonyl (C=O) groups excluding carboxylic acids is 1. The van der Waals surface area contributed by atoms with Gasteiger partial charge in [-0.2, -0.15) is 26.3 Å². The summed E-state index contributed by atoms with van der Waals surface area (Å²) in [5.41, 5.74) is -3.53. The minimum atomic E-state index is -4.99. The number of phenols is 1. The molecule has 2 N–H and O–H groups in total. The largest absolute Gasteiger partial charge is 0.506 e. The van der Waals surface area contributed by atoms with Crippen LogP contribution in [0, 0.1) is 0 Å². The topological polar surface area (TPSA) is 49.3 Å². The first-order valence-electron chi connectivity index (χ1n) is 7.13. The van der Waals surface area contributed by atoms with Gasteiger partial charge in [-0.15, -0.1) is 0 Å². The first kappa shape index (κ1) is 20.6. The highest BCUT2D eigenvalue weighted by Gasteiger charge is 2.36. The summed E-state index contributed by atoms with van der Waals surface area (Å²) in [4.78, 5) is 11.8. The Bertz CT molecular complexity index is 858. The molecule has 0 heterocycles. The minimum Gasteiger partial charge on any atom is -0.506 e. The van der Waals surface area contributed by atoms with E-state index in [0.717, 1.165) is 12.2 Å². The molecule has 0 unspecified atom stereocenters. The SMILES string of the molecule is O=C(C=Cc1cc(C(F)(F)F)cc(C(F)(F)F)c1)Nc1cc(Cl)ccc1O. The number of carbonyl (C=O) groups is 1. The van der Waals surface area contributed by atoms with E-state index in [1.54, 1.807) is 0 Å². The smallest absolute Gasteiger partial charge is 0.416 e. The van der Waals surface area contributed by atoms with Gasteiger partial charge in [-0.3, -0.25) is 4.79 Å². The number of aromatic hydroxyl groups is 1. The molecular weight excluding hydrogens is 400 g/mol. The van der Waals surface area contributed by atoms with Crippen molar-refractivity contribution < 1.29 is 36.2 Å². The van der Waals surface area contributed by atoms with Crippen LogP contribution < -0.4 is 5.32 Å². The summed E-state index contributed by atoms with van der Waals surface area (Å²) in [5, 5.41) is 12.0. The highest BCUT2D eigenvalue weighted by Crippen LogP contribution is 2.36. The van der Waals surface area contributed by atoms with E-state index in [1.165, 1.54) is 18.2 Å². The minimum absolute atomic E-state index is 0.0125. The van der Waals surface area contributed by atoms with Gasteiger partial charge in [0.25, 0.3) is 0 Å². The molecule has 2 aromatic rings. The molecule has 0 aliphatic heterocycles. The molecule has 0 bridgehead atoms. The maximum Gasteiger partial charge on any atom is 0.416 e. The molecule has 2 aromatic carbocycles. The van der Waals surface area contributed by atoms with E-state index >= 15 is 0 Å². The fourth-order valence-electron chi connectivity index (χ4n) is 2.03. The monoisotopic (exact) mass is 409 g/mol. The summed E-state index contributed by atoms with van der Waals surface area (Å²) >= 11 is 5.70. The van der Waals surface area contributed by atoms with Gasteiger partial charge in [0.05, 0.1) is 16.8 Å². The summed E-state index contributed by atoms with van der Waals surface area (Å²) in [6, 6.07) is 4.72. The third-order valence-corrected chi connectivity index (χ3v) is 3.49. The molecule has 0 saturated heterocycles. The zero-order chi connectivity index (χ0) is 20.4. The van der Waals surface area contributed by atoms with Crippen LogP contribution in [0.2, 0.25) is 5.02 Å². The predicted octanol–water partition coefficient (Wildman–Crippen LogP) is 5.74. The van der Waals surface area contributed by atoms with Crippen molar-refractivity contribution in [3.63, 3.8) is 0 Å². The van der Waals surface area contributed by atoms with Crippen molar-refractivity contribution in [2.45, 2.75) is 12.4 Å². The second kappa shape index (κ2) is 7.51. The summed E-state index contributed by atoms with van der Waals surface area (Å²) in [7, 11) is 0. The molecule has 0 atom stereocenters. The highest BCUT2D eigenvalue weighted by atomic mass is 35.5. The fraction of sp³-hybridized carbons (Fsp3) is 0.118. The summed E-state index contributed by atoms with van der Waals surface area (Å²) in [6.07, 6.45) is -8.45. The second-order valence-electron chi connectivity index (χ2n) is 5.32. The van der Waals surface area contributed by atoms with Crippen LogP contribution in [0.5, 0.6) is 5.75 Å². The van der Waals surface area contributed by atoms with Crippen LogP contribution in [0.25, 0.3) is 6.08 Å². The number of nitrogens with one attached hydrogen (secondary N) is 1. The van der Waals surface area contributed by atoms with Crippen molar-refractivity contribution >= 4 is 29.3 Å². The summed E-state index contributed by atoms with van der Waals surface area (Å²) < 4.78 is 76.8. The van der Waals surface area contributed by atoms with E-state index in [-0.39, 0.29) is 22.5 Å². The van der Waals surface area contributed by atoms with Gasteiger partial charge in [0, 0.05) is 11.1 Å². The van der Waals surface area contributed by atoms with Gasteiger partial charge < -0.3 is 10.4 Å². The number of rotatable bonds is 3. The molecule has 2 rings (SSSR count). The molecular formula is C17H10ClF6NO2. The van der Waals surface area contributed by atoms with Crippen LogP contribution in [-0.2, 0) is 17.1 Å². The quantitative estimate of drug-likeness (QED) is 0.386. The van der Waals surface area contributed by atoms with E-state index in [0.29, 0.717) is 12.1 Å². The van der Waals surface area contributed by atoms with Crippen LogP contribution >= 0.6 is 11.6 Å². The Morgan fingerprint density at radius 3 is 2.04 bits per heavy atom. The van der Waals surface area contributed by atoms with E-state index in [2.05, 4.69) is 5.32 Å². The molecule has 27 heavy (non-hydrogen) atoms. The van der Waals surface area contributed by atoms with Crippen LogP contribution in [-0.4, -0.2) is 11.0 Å². The molecule has 0 saturated carbocycles. The van der Waals surface area contributed by atoms with Gasteiger partial charge in [0.15, 0.2) is 0 Å². The first-order chi connectivity index (χ1) is 12.4. The van der Waals surface area contributed by atoms with Crippen molar-refractivity contribution in [2.24, 2.45) is 0 Å². The van der Waals surface area contributed by atoms with Gasteiger partial charge in [0.1, 0.15) is 5.75 Å². The van der Waals surface area contributed by atoms with Crippen molar-refractivity contribution in [3.05, 3.63) is 64.2 Å². The number of phenolic OH excluding ortho intramolecular Hbond substituents is 1. The lowest BCUT2D eigenvalue weighted by atomic mass is 10.0. The predicted molar refractivity (Wildman–Crippen MR) is 87.2 cm³/mol. The molecule has 3 nitrogen and oxygen atoms in total. The van der Waals surface area contributed by atoms with Crippen molar-refractivity contribution in [3.8, 4) is 5.75 Å². The molecule has 144 valence electrons. The van der Waals surface area contributed by atoms with Gasteiger partial charge in [0.2, 0.25) is 5.91 Å². The Morgan fingerprint density at radius 1 is 0.963 bits per heavy atom. The molecule has 0 fully saturated rings. The summed E-state index contributed by atoms with van der Waals surface area (Å²) in [5.74, 6) is -1.21. The Morgan fingerprint density at radius 2 is 1.52 bits per heavy atom. The van der Waals surface area contributed by atoms with Gasteiger partial charge in [-0.05, 0) is 48.0 Å². The van der Waals surface area contributed by atoms with Crippen LogP contribution in [0.15, 0.2) is 42.5 Å². The lowest BCUT2D eigenvalue weighted by Crippen LogP contribution is -2.11. The lowest BCUT2D eigenvalue weighted by Gasteiger charge is -2.13. The average Bonchev–Trinajstić information content (AvgIpc) is 2.54. The van der Waals surface area contributed by atoms with Gasteiger partial charge >= 0.3 is 12.4 Å². The Hall–Kier alpha value is -2.68. The molecule has 0 aliphatic rings. The molecule has 0 aromatic heterocycles. The van der Waals surface area contributed by atoms with E-state index in [9.17, 15) is 36.2 Å². The third kappa shape index (κ3) is 5.65. The Labute approximate surface area is 153 Å². The fourth-order valence-corrected chi connectivity index (χ4v) is 2.20. The maximum atomic E-state index is 12.8. The van der Waals surface area contributed by atoms with Crippen LogP contribution in [0.4, 0.5) is 32.0 Å². The standard InChI is InChI=1S/C17H10ClF6NO2/c18-12-2-3-14(26)13(8-12)25-15(27)4-1-9-5-10(16(19,20)21)7-11(6-9)17(22,23)24/h1-8,26H,(H,25,27). The molecule has 10 heteroatoms.